The number of nitrogens with two attached hydrogens (primary N) is 2. The molecule has 0 fully saturated rings. The molecule has 3 aromatic carbocycles. The van der Waals surface area contributed by atoms with Gasteiger partial charge in [0.2, 0.25) is 0 Å². The number of amidine groups is 1. The summed E-state index contributed by atoms with van der Waals surface area (Å²) in [6.45, 7) is 5.35. The van der Waals surface area contributed by atoms with E-state index in [9.17, 15) is 14.7 Å². The van der Waals surface area contributed by atoms with Gasteiger partial charge in [-0.2, -0.15) is 9.78 Å². The summed E-state index contributed by atoms with van der Waals surface area (Å²) >= 11 is 0. The third-order valence-corrected chi connectivity index (χ3v) is 6.50. The van der Waals surface area contributed by atoms with Crippen LogP contribution in [-0.2, 0) is 12.0 Å². The fraction of sp³-hybridized carbons (Fsp3) is 0.214. The Hall–Kier alpha value is -4.57. The van der Waals surface area contributed by atoms with Crippen LogP contribution in [0.1, 0.15) is 47.8 Å². The van der Waals surface area contributed by atoms with Crippen LogP contribution in [0, 0.1) is 11.2 Å². The third kappa shape index (κ3) is 4.50. The van der Waals surface area contributed by atoms with Crippen LogP contribution in [0.4, 0.5) is 10.1 Å². The Morgan fingerprint density at radius 1 is 1.18 bits per heavy atom. The molecular weight excluding hydrogens is 487 g/mol. The molecule has 1 heterocycles. The van der Waals surface area contributed by atoms with E-state index in [0.29, 0.717) is 22.1 Å². The van der Waals surface area contributed by atoms with E-state index in [0.717, 1.165) is 10.2 Å². The summed E-state index contributed by atoms with van der Waals surface area (Å²) in [5.41, 5.74) is 13.3. The van der Waals surface area contributed by atoms with E-state index in [1.165, 1.54) is 31.4 Å². The second kappa shape index (κ2) is 9.71. The lowest BCUT2D eigenvalue weighted by molar-refractivity contribution is 0.0964. The zero-order valence-corrected chi connectivity index (χ0v) is 21.5. The van der Waals surface area contributed by atoms with Crippen molar-refractivity contribution in [2.24, 2.45) is 5.73 Å². The maximum Gasteiger partial charge on any atom is 0.282 e. The van der Waals surface area contributed by atoms with Gasteiger partial charge >= 0.3 is 0 Å². The van der Waals surface area contributed by atoms with Crippen molar-refractivity contribution in [1.29, 1.82) is 5.41 Å². The standard InChI is InChI=1S/C28H29FN6O3/c1-28(2,3)16-8-15-12-34-35(27(38)23(15)21(29)11-16)22-7-5-6-17(20(22)13-36)14-9-18(25(31)32)24(30)19(10-14)26(37)33-4/h5-12,36H,13,30H2,1-4H3,(H3,31,32)(H,33,37). The van der Waals surface area contributed by atoms with Crippen LogP contribution in [0.2, 0.25) is 0 Å². The van der Waals surface area contributed by atoms with Gasteiger partial charge in [0.15, 0.2) is 0 Å². The molecule has 7 N–H and O–H groups in total. The number of anilines is 1. The van der Waals surface area contributed by atoms with Gasteiger partial charge in [-0.25, -0.2) is 4.39 Å². The maximum atomic E-state index is 15.2. The molecule has 9 nitrogen and oxygen atoms in total. The highest BCUT2D eigenvalue weighted by Crippen LogP contribution is 2.33. The van der Waals surface area contributed by atoms with Crippen LogP contribution in [0.15, 0.2) is 53.5 Å². The number of rotatable bonds is 5. The lowest BCUT2D eigenvalue weighted by Gasteiger charge is -2.20. The Morgan fingerprint density at radius 2 is 1.87 bits per heavy atom. The minimum atomic E-state index is -0.680. The second-order valence-electron chi connectivity index (χ2n) is 9.97. The van der Waals surface area contributed by atoms with Crippen LogP contribution in [0.25, 0.3) is 27.6 Å². The molecule has 0 bridgehead atoms. The number of carbonyl (C=O) groups excluding carboxylic acids is 1. The molecule has 0 aliphatic carbocycles. The highest BCUT2D eigenvalue weighted by Gasteiger charge is 2.22. The molecule has 1 aromatic heterocycles. The van der Waals surface area contributed by atoms with Gasteiger partial charge in [0, 0.05) is 23.6 Å². The average molecular weight is 517 g/mol. The van der Waals surface area contributed by atoms with Crippen molar-refractivity contribution in [2.45, 2.75) is 32.8 Å². The number of nitrogen functional groups attached to an aromatic ring is 2. The van der Waals surface area contributed by atoms with Gasteiger partial charge in [0.1, 0.15) is 11.7 Å². The van der Waals surface area contributed by atoms with Crippen molar-refractivity contribution in [2.75, 3.05) is 12.8 Å². The summed E-state index contributed by atoms with van der Waals surface area (Å²) in [4.78, 5) is 25.9. The average Bonchev–Trinajstić information content (AvgIpc) is 2.87. The van der Waals surface area contributed by atoms with Crippen molar-refractivity contribution >= 4 is 28.2 Å². The number of nitrogens with one attached hydrogen (secondary N) is 2. The molecule has 0 radical (unpaired) electrons. The molecule has 10 heteroatoms. The number of halogens is 1. The van der Waals surface area contributed by atoms with Crippen LogP contribution in [-0.4, -0.2) is 33.7 Å². The number of amides is 1. The van der Waals surface area contributed by atoms with Gasteiger partial charge in [-0.05, 0) is 52.4 Å². The van der Waals surface area contributed by atoms with Crippen molar-refractivity contribution in [3.63, 3.8) is 0 Å². The molecule has 4 rings (SSSR count). The van der Waals surface area contributed by atoms with Gasteiger partial charge < -0.3 is 21.9 Å². The summed E-state index contributed by atoms with van der Waals surface area (Å²) in [7, 11) is 1.45. The minimum absolute atomic E-state index is 0.0415. The van der Waals surface area contributed by atoms with E-state index in [4.69, 9.17) is 16.9 Å². The zero-order valence-electron chi connectivity index (χ0n) is 21.5. The summed E-state index contributed by atoms with van der Waals surface area (Å²) < 4.78 is 16.2. The SMILES string of the molecule is CNC(=O)c1cc(-c2cccc(-n3ncc4cc(C(C)(C)C)cc(F)c4c3=O)c2CO)cc(C(=N)N)c1N. The second-order valence-corrected chi connectivity index (χ2v) is 9.97. The number of hydrogen-bond donors (Lipinski definition) is 5. The Balaban J connectivity index is 1.98. The van der Waals surface area contributed by atoms with Crippen molar-refractivity contribution in [3.8, 4) is 16.8 Å². The predicted octanol–water partition coefficient (Wildman–Crippen LogP) is 3.21. The molecule has 1 amide bonds. The van der Waals surface area contributed by atoms with Gasteiger partial charge in [0.25, 0.3) is 11.5 Å². The number of fused-ring (bicyclic) bond motifs is 1. The first-order valence-corrected chi connectivity index (χ1v) is 11.8. The molecule has 0 saturated carbocycles. The molecule has 196 valence electrons. The van der Waals surface area contributed by atoms with Crippen LogP contribution in [0.3, 0.4) is 0 Å². The van der Waals surface area contributed by atoms with Gasteiger partial charge in [-0.1, -0.05) is 32.9 Å². The van der Waals surface area contributed by atoms with Gasteiger partial charge in [-0.3, -0.25) is 15.0 Å². The predicted molar refractivity (Wildman–Crippen MR) is 146 cm³/mol. The summed E-state index contributed by atoms with van der Waals surface area (Å²) in [6.07, 6.45) is 1.42. The van der Waals surface area contributed by atoms with Crippen molar-refractivity contribution in [1.82, 2.24) is 15.1 Å². The van der Waals surface area contributed by atoms with Crippen molar-refractivity contribution < 1.29 is 14.3 Å². The van der Waals surface area contributed by atoms with E-state index < -0.39 is 23.9 Å². The lowest BCUT2D eigenvalue weighted by Crippen LogP contribution is -2.24. The van der Waals surface area contributed by atoms with Gasteiger partial charge in [-0.15, -0.1) is 0 Å². The first-order valence-electron chi connectivity index (χ1n) is 11.8. The monoisotopic (exact) mass is 516 g/mol. The largest absolute Gasteiger partial charge is 0.397 e. The van der Waals surface area contributed by atoms with Crippen LogP contribution >= 0.6 is 0 Å². The lowest BCUT2D eigenvalue weighted by atomic mass is 9.86. The fourth-order valence-corrected chi connectivity index (χ4v) is 4.40. The molecule has 0 aliphatic heterocycles. The van der Waals surface area contributed by atoms with E-state index in [2.05, 4.69) is 10.4 Å². The van der Waals surface area contributed by atoms with Gasteiger partial charge in [0.05, 0.1) is 35.1 Å². The van der Waals surface area contributed by atoms with E-state index >= 15 is 4.39 Å². The van der Waals surface area contributed by atoms with E-state index in [-0.39, 0.29) is 39.1 Å². The zero-order chi connectivity index (χ0) is 27.9. The Labute approximate surface area is 218 Å². The molecule has 0 aliphatic rings. The molecule has 4 aromatic rings. The number of aliphatic hydroxyl groups excluding tert-OH is 1. The Morgan fingerprint density at radius 3 is 2.47 bits per heavy atom. The summed E-state index contributed by atoms with van der Waals surface area (Å²) in [6, 6.07) is 11.1. The van der Waals surface area contributed by atoms with E-state index in [1.807, 2.05) is 20.8 Å². The van der Waals surface area contributed by atoms with Crippen LogP contribution in [0.5, 0.6) is 0 Å². The normalized spacial score (nSPS) is 11.5. The van der Waals surface area contributed by atoms with Crippen molar-refractivity contribution in [3.05, 3.63) is 87.1 Å². The number of hydrogen-bond acceptors (Lipinski definition) is 6. The fourth-order valence-electron chi connectivity index (χ4n) is 4.40. The minimum Gasteiger partial charge on any atom is -0.397 e. The number of carbonyl (C=O) groups is 1. The molecular formula is C28H29FN6O3. The van der Waals surface area contributed by atoms with Crippen LogP contribution < -0.4 is 22.3 Å². The quantitative estimate of drug-likeness (QED) is 0.156. The molecule has 0 spiro atoms. The number of benzene rings is 3. The molecule has 0 saturated heterocycles. The Kier molecular flexibility index (Phi) is 6.77. The number of nitrogens with zero attached hydrogens (tertiary/aromatic N) is 2. The molecule has 0 unspecified atom stereocenters. The molecule has 0 atom stereocenters. The summed E-state index contributed by atoms with van der Waals surface area (Å²) in [5, 5.41) is 25.3. The Bertz CT molecular complexity index is 1670. The highest BCUT2D eigenvalue weighted by atomic mass is 19.1. The smallest absolute Gasteiger partial charge is 0.282 e. The molecule has 38 heavy (non-hydrogen) atoms. The van der Waals surface area contributed by atoms with E-state index in [1.54, 1.807) is 24.3 Å². The number of aliphatic hydroxyl groups is 1. The maximum absolute atomic E-state index is 15.2. The third-order valence-electron chi connectivity index (χ3n) is 6.50. The number of aromatic nitrogens is 2. The first-order chi connectivity index (χ1) is 17.9. The first kappa shape index (κ1) is 26.5. The topological polar surface area (TPSA) is 160 Å². The highest BCUT2D eigenvalue weighted by molar-refractivity contribution is 6.09. The summed E-state index contributed by atoms with van der Waals surface area (Å²) in [5.74, 6) is -1.48.